The lowest BCUT2D eigenvalue weighted by Crippen LogP contribution is -2.18. The number of hydrogen-bond acceptors (Lipinski definition) is 3. The van der Waals surface area contributed by atoms with Crippen molar-refractivity contribution in [3.05, 3.63) is 28.3 Å². The van der Waals surface area contributed by atoms with Crippen LogP contribution in [0.15, 0.2) is 6.07 Å². The zero-order valence-corrected chi connectivity index (χ0v) is 12.0. The third kappa shape index (κ3) is 3.57. The average molecular weight is 249 g/mol. The number of methoxy groups -OCH3 is 1. The van der Waals surface area contributed by atoms with Gasteiger partial charge in [0.25, 0.3) is 0 Å². The Kier molecular flexibility index (Phi) is 5.35. The van der Waals surface area contributed by atoms with Gasteiger partial charge in [-0.05, 0) is 44.4 Å². The molecular formula is C15H23NO2. The zero-order valence-electron chi connectivity index (χ0n) is 12.0. The highest BCUT2D eigenvalue weighted by Gasteiger charge is 2.11. The fourth-order valence-corrected chi connectivity index (χ4v) is 2.08. The monoisotopic (exact) mass is 249 g/mol. The van der Waals surface area contributed by atoms with Crippen molar-refractivity contribution >= 4 is 5.78 Å². The van der Waals surface area contributed by atoms with Crippen LogP contribution in [0.25, 0.3) is 0 Å². The van der Waals surface area contributed by atoms with Crippen LogP contribution in [0.5, 0.6) is 5.75 Å². The topological polar surface area (TPSA) is 38.3 Å². The minimum absolute atomic E-state index is 0.214. The zero-order chi connectivity index (χ0) is 13.7. The molecule has 1 aromatic carbocycles. The fourth-order valence-electron chi connectivity index (χ4n) is 2.08. The summed E-state index contributed by atoms with van der Waals surface area (Å²) in [5, 5.41) is 3.29. The first-order valence-electron chi connectivity index (χ1n) is 6.31. The molecule has 100 valence electrons. The summed E-state index contributed by atoms with van der Waals surface area (Å²) in [6, 6.07) is 2.18. The molecule has 18 heavy (non-hydrogen) atoms. The van der Waals surface area contributed by atoms with E-state index < -0.39 is 0 Å². The molecule has 3 nitrogen and oxygen atoms in total. The van der Waals surface area contributed by atoms with Gasteiger partial charge in [-0.3, -0.25) is 4.79 Å². The number of carbonyl (C=O) groups is 1. The first-order chi connectivity index (χ1) is 8.47. The van der Waals surface area contributed by atoms with Crippen LogP contribution >= 0.6 is 0 Å². The first-order valence-corrected chi connectivity index (χ1v) is 6.31. The lowest BCUT2D eigenvalue weighted by Gasteiger charge is -2.17. The maximum atomic E-state index is 10.9. The summed E-state index contributed by atoms with van der Waals surface area (Å²) in [7, 11) is 1.71. The third-order valence-corrected chi connectivity index (χ3v) is 3.27. The van der Waals surface area contributed by atoms with Crippen molar-refractivity contribution < 1.29 is 9.53 Å². The van der Waals surface area contributed by atoms with Gasteiger partial charge < -0.3 is 10.1 Å². The molecule has 0 fully saturated rings. The third-order valence-electron chi connectivity index (χ3n) is 3.27. The Morgan fingerprint density at radius 3 is 2.50 bits per heavy atom. The Bertz CT molecular complexity index is 439. The van der Waals surface area contributed by atoms with Crippen LogP contribution in [-0.4, -0.2) is 19.4 Å². The normalized spacial score (nSPS) is 10.5. The van der Waals surface area contributed by atoms with Gasteiger partial charge in [0.2, 0.25) is 0 Å². The number of benzene rings is 1. The van der Waals surface area contributed by atoms with Gasteiger partial charge in [0.1, 0.15) is 11.5 Å². The molecule has 0 spiro atoms. The van der Waals surface area contributed by atoms with Crippen LogP contribution in [-0.2, 0) is 11.3 Å². The summed E-state index contributed by atoms with van der Waals surface area (Å²) in [4.78, 5) is 10.9. The van der Waals surface area contributed by atoms with Crippen molar-refractivity contribution in [2.24, 2.45) is 0 Å². The summed E-state index contributed by atoms with van der Waals surface area (Å²) >= 11 is 0. The minimum atomic E-state index is 0.214. The lowest BCUT2D eigenvalue weighted by atomic mass is 9.99. The number of hydrogen-bond donors (Lipinski definition) is 1. The summed E-state index contributed by atoms with van der Waals surface area (Å²) in [5.41, 5.74) is 4.85. The molecule has 0 unspecified atom stereocenters. The van der Waals surface area contributed by atoms with E-state index in [4.69, 9.17) is 4.74 Å². The molecule has 0 saturated heterocycles. The van der Waals surface area contributed by atoms with Gasteiger partial charge in [-0.15, -0.1) is 0 Å². The van der Waals surface area contributed by atoms with Gasteiger partial charge in [0.15, 0.2) is 0 Å². The van der Waals surface area contributed by atoms with Crippen molar-refractivity contribution in [3.63, 3.8) is 0 Å². The predicted molar refractivity (Wildman–Crippen MR) is 74.2 cm³/mol. The van der Waals surface area contributed by atoms with Crippen molar-refractivity contribution in [1.29, 1.82) is 0 Å². The quantitative estimate of drug-likeness (QED) is 0.788. The smallest absolute Gasteiger partial charge is 0.131 e. The van der Waals surface area contributed by atoms with Crippen LogP contribution in [0.4, 0.5) is 0 Å². The maximum absolute atomic E-state index is 10.9. The molecule has 3 heteroatoms. The Hall–Kier alpha value is -1.35. The van der Waals surface area contributed by atoms with Crippen LogP contribution < -0.4 is 10.1 Å². The minimum Gasteiger partial charge on any atom is -0.496 e. The summed E-state index contributed by atoms with van der Waals surface area (Å²) in [6.45, 7) is 9.33. The number of aryl methyl sites for hydroxylation is 2. The Balaban J connectivity index is 2.81. The van der Waals surface area contributed by atoms with Gasteiger partial charge in [-0.25, -0.2) is 0 Å². The van der Waals surface area contributed by atoms with E-state index in [1.165, 1.54) is 22.3 Å². The van der Waals surface area contributed by atoms with Crippen LogP contribution in [0, 0.1) is 20.8 Å². The molecule has 0 atom stereocenters. The number of carbonyl (C=O) groups excluding carboxylic acids is 1. The lowest BCUT2D eigenvalue weighted by molar-refractivity contribution is -0.116. The van der Waals surface area contributed by atoms with Crippen molar-refractivity contribution in [1.82, 2.24) is 5.32 Å². The highest BCUT2D eigenvalue weighted by molar-refractivity contribution is 5.75. The standard InChI is InChI=1S/C15H23NO2/c1-10-8-11(2)14(15(18-5)13(10)4)9-16-7-6-12(3)17/h8,16H,6-7,9H2,1-5H3. The second-order valence-corrected chi connectivity index (χ2v) is 4.78. The molecule has 0 radical (unpaired) electrons. The highest BCUT2D eigenvalue weighted by atomic mass is 16.5. The molecular weight excluding hydrogens is 226 g/mol. The molecule has 0 aromatic heterocycles. The predicted octanol–water partition coefficient (Wildman–Crippen LogP) is 2.69. The molecule has 0 saturated carbocycles. The van der Waals surface area contributed by atoms with E-state index in [9.17, 15) is 4.79 Å². The number of ether oxygens (including phenoxy) is 1. The van der Waals surface area contributed by atoms with Crippen LogP contribution in [0.2, 0.25) is 0 Å². The Morgan fingerprint density at radius 1 is 1.28 bits per heavy atom. The second kappa shape index (κ2) is 6.55. The summed E-state index contributed by atoms with van der Waals surface area (Å²) < 4.78 is 5.51. The molecule has 0 amide bonds. The molecule has 0 aliphatic carbocycles. The van der Waals surface area contributed by atoms with E-state index in [0.29, 0.717) is 13.0 Å². The molecule has 0 bridgehead atoms. The maximum Gasteiger partial charge on any atom is 0.131 e. The number of ketones is 1. The summed E-state index contributed by atoms with van der Waals surface area (Å²) in [5.74, 6) is 1.18. The number of nitrogens with one attached hydrogen (secondary N) is 1. The Labute approximate surface area is 110 Å². The van der Waals surface area contributed by atoms with E-state index in [2.05, 4.69) is 32.2 Å². The molecule has 0 heterocycles. The van der Waals surface area contributed by atoms with Crippen molar-refractivity contribution in [2.45, 2.75) is 40.7 Å². The highest BCUT2D eigenvalue weighted by Crippen LogP contribution is 2.29. The van der Waals surface area contributed by atoms with Crippen LogP contribution in [0.1, 0.15) is 35.6 Å². The van der Waals surface area contributed by atoms with Gasteiger partial charge in [-0.2, -0.15) is 0 Å². The largest absolute Gasteiger partial charge is 0.496 e. The Morgan fingerprint density at radius 2 is 1.94 bits per heavy atom. The molecule has 0 aliphatic rings. The summed E-state index contributed by atoms with van der Waals surface area (Å²) in [6.07, 6.45) is 0.576. The van der Waals surface area contributed by atoms with Gasteiger partial charge in [-0.1, -0.05) is 6.07 Å². The second-order valence-electron chi connectivity index (χ2n) is 4.78. The average Bonchev–Trinajstić information content (AvgIpc) is 2.30. The number of Topliss-reactive ketones (excluding diaryl/α,β-unsaturated/α-hetero) is 1. The van der Waals surface area contributed by atoms with Crippen molar-refractivity contribution in [3.8, 4) is 5.75 Å². The van der Waals surface area contributed by atoms with E-state index in [1.54, 1.807) is 14.0 Å². The van der Waals surface area contributed by atoms with Crippen molar-refractivity contribution in [2.75, 3.05) is 13.7 Å². The molecule has 0 aliphatic heterocycles. The van der Waals surface area contributed by atoms with Gasteiger partial charge >= 0.3 is 0 Å². The van der Waals surface area contributed by atoms with E-state index in [-0.39, 0.29) is 5.78 Å². The molecule has 1 N–H and O–H groups in total. The van der Waals surface area contributed by atoms with E-state index >= 15 is 0 Å². The number of rotatable bonds is 6. The van der Waals surface area contributed by atoms with E-state index in [1.807, 2.05) is 0 Å². The van der Waals surface area contributed by atoms with E-state index in [0.717, 1.165) is 12.3 Å². The van der Waals surface area contributed by atoms with Gasteiger partial charge in [0, 0.05) is 25.1 Å². The fraction of sp³-hybridized carbons (Fsp3) is 0.533. The van der Waals surface area contributed by atoms with Gasteiger partial charge in [0.05, 0.1) is 7.11 Å². The SMILES string of the molecule is COc1c(C)c(C)cc(C)c1CNCCC(C)=O. The molecule has 1 rings (SSSR count). The van der Waals surface area contributed by atoms with Crippen LogP contribution in [0.3, 0.4) is 0 Å². The first kappa shape index (κ1) is 14.7. The molecule has 1 aromatic rings.